The molecule has 1 fully saturated rings. The maximum Gasteiger partial charge on any atom is 0.512 e. The molecular formula is C15H15N5O6S2. The number of nitrogens with zero attached hydrogens (tertiary/aromatic N) is 3. The van der Waals surface area contributed by atoms with E-state index in [4.69, 9.17) is 20.4 Å². The lowest BCUT2D eigenvalue weighted by Gasteiger charge is -2.48. The number of carbonyl (C=O) groups is 3. The highest BCUT2D eigenvalue weighted by Gasteiger charge is 2.54. The van der Waals surface area contributed by atoms with Gasteiger partial charge in [-0.1, -0.05) is 17.8 Å². The van der Waals surface area contributed by atoms with Gasteiger partial charge in [-0.05, 0) is 0 Å². The molecule has 4 N–H and O–H groups in total. The molecule has 0 aliphatic carbocycles. The Morgan fingerprint density at radius 1 is 1.57 bits per heavy atom. The molecular weight excluding hydrogens is 410 g/mol. The second kappa shape index (κ2) is 7.90. The molecule has 28 heavy (non-hydrogen) atoms. The van der Waals surface area contributed by atoms with Crippen molar-refractivity contribution in [2.75, 3.05) is 18.6 Å². The van der Waals surface area contributed by atoms with Gasteiger partial charge in [-0.2, -0.15) is 0 Å². The van der Waals surface area contributed by atoms with Gasteiger partial charge in [0.2, 0.25) is 5.88 Å². The van der Waals surface area contributed by atoms with Crippen LogP contribution >= 0.6 is 23.1 Å². The van der Waals surface area contributed by atoms with Crippen LogP contribution in [0.3, 0.4) is 0 Å². The highest BCUT2D eigenvalue weighted by Crippen LogP contribution is 2.40. The second-order valence-corrected chi connectivity index (χ2v) is 7.45. The van der Waals surface area contributed by atoms with Crippen LogP contribution in [0.4, 0.5) is 9.93 Å². The van der Waals surface area contributed by atoms with Crippen LogP contribution in [-0.4, -0.2) is 63.0 Å². The van der Waals surface area contributed by atoms with Crippen molar-refractivity contribution in [1.82, 2.24) is 15.2 Å². The number of hydrogen-bond acceptors (Lipinski definition) is 10. The number of carboxylic acid groups (broad SMARTS) is 1. The molecule has 3 heterocycles. The number of ether oxygens (including phenoxy) is 1. The Hall–Kier alpha value is -3.06. The topological polar surface area (TPSA) is 156 Å². The number of oxime groups is 1. The molecule has 0 saturated carbocycles. The van der Waals surface area contributed by atoms with E-state index in [1.807, 2.05) is 0 Å². The van der Waals surface area contributed by atoms with Gasteiger partial charge in [0.15, 0.2) is 10.8 Å². The van der Waals surface area contributed by atoms with E-state index in [2.05, 4.69) is 22.0 Å². The summed E-state index contributed by atoms with van der Waals surface area (Å²) in [6.45, 7) is 3.60. The molecule has 2 amide bonds. The van der Waals surface area contributed by atoms with Crippen molar-refractivity contribution in [2.24, 2.45) is 5.16 Å². The summed E-state index contributed by atoms with van der Waals surface area (Å²) in [6.07, 6.45) is -0.118. The average molecular weight is 425 g/mol. The average Bonchev–Trinajstić information content (AvgIpc) is 3.08. The first kappa shape index (κ1) is 19.7. The Labute approximate surface area is 166 Å². The number of allylic oxidation sites excluding steroid dienone is 1. The number of carbonyl (C=O) groups excluding carboxylic acids is 2. The molecule has 1 aromatic rings. The number of anilines is 1. The standard InChI is InChI=1S/C15H15N5O6S2/c1-3-6-4-27-13-9(11(22)20(13)12(6)26-15(23)24)18-10(21)8(19-25-2)7-5-28-14(16)17-7/h3,5,9,13H,1,4H2,2H3,(H2,16,17)(H,18,21)(H,23,24)/t9?,13-/m0/s1. The van der Waals surface area contributed by atoms with E-state index in [1.54, 1.807) is 0 Å². The van der Waals surface area contributed by atoms with Gasteiger partial charge in [-0.3, -0.25) is 14.5 Å². The Bertz CT molecular complexity index is 910. The van der Waals surface area contributed by atoms with Crippen molar-refractivity contribution in [3.8, 4) is 0 Å². The minimum absolute atomic E-state index is 0.0974. The van der Waals surface area contributed by atoms with Gasteiger partial charge in [0.25, 0.3) is 11.8 Å². The summed E-state index contributed by atoms with van der Waals surface area (Å²) in [6, 6.07) is -0.894. The van der Waals surface area contributed by atoms with Gasteiger partial charge in [0.05, 0.1) is 0 Å². The van der Waals surface area contributed by atoms with Crippen LogP contribution in [0.1, 0.15) is 5.69 Å². The molecule has 1 aromatic heterocycles. The van der Waals surface area contributed by atoms with Crippen molar-refractivity contribution < 1.29 is 29.1 Å². The Morgan fingerprint density at radius 3 is 2.89 bits per heavy atom. The van der Waals surface area contributed by atoms with Crippen LogP contribution in [0.15, 0.2) is 34.6 Å². The smallest absolute Gasteiger partial charge is 0.449 e. The van der Waals surface area contributed by atoms with Crippen LogP contribution in [0.2, 0.25) is 0 Å². The largest absolute Gasteiger partial charge is 0.512 e. The summed E-state index contributed by atoms with van der Waals surface area (Å²) in [7, 11) is 1.27. The van der Waals surface area contributed by atoms with E-state index < -0.39 is 29.4 Å². The fourth-order valence-corrected chi connectivity index (χ4v) is 4.49. The zero-order chi connectivity index (χ0) is 20.4. The SMILES string of the molecule is C=CC1=C(OC(=O)O)N2C(=O)C(NC(=O)C(=NOC)c3csc(N)n3)[C@@H]2SC1. The van der Waals surface area contributed by atoms with Gasteiger partial charge >= 0.3 is 6.16 Å². The molecule has 0 bridgehead atoms. The van der Waals surface area contributed by atoms with Gasteiger partial charge in [-0.15, -0.1) is 23.1 Å². The van der Waals surface area contributed by atoms with Crippen molar-refractivity contribution in [3.63, 3.8) is 0 Å². The molecule has 11 nitrogen and oxygen atoms in total. The van der Waals surface area contributed by atoms with E-state index in [0.29, 0.717) is 11.3 Å². The molecule has 0 spiro atoms. The molecule has 0 aromatic carbocycles. The first-order valence-corrected chi connectivity index (χ1v) is 9.64. The fourth-order valence-electron chi connectivity index (χ4n) is 2.62. The number of thiazole rings is 1. The minimum Gasteiger partial charge on any atom is -0.449 e. The summed E-state index contributed by atoms with van der Waals surface area (Å²) >= 11 is 2.46. The number of rotatable bonds is 6. The van der Waals surface area contributed by atoms with Crippen LogP contribution in [0.5, 0.6) is 0 Å². The lowest BCUT2D eigenvalue weighted by atomic mass is 10.1. The van der Waals surface area contributed by atoms with Crippen molar-refractivity contribution >= 4 is 51.9 Å². The van der Waals surface area contributed by atoms with Crippen molar-refractivity contribution in [2.45, 2.75) is 11.4 Å². The van der Waals surface area contributed by atoms with E-state index in [1.165, 1.54) is 35.2 Å². The number of amides is 2. The molecule has 13 heteroatoms. The van der Waals surface area contributed by atoms with Gasteiger partial charge in [0, 0.05) is 16.7 Å². The van der Waals surface area contributed by atoms with Crippen LogP contribution in [0, 0.1) is 0 Å². The minimum atomic E-state index is -1.55. The third-order valence-corrected chi connectivity index (χ3v) is 5.80. The molecule has 2 atom stereocenters. The van der Waals surface area contributed by atoms with Gasteiger partial charge in [0.1, 0.15) is 24.2 Å². The quantitative estimate of drug-likeness (QED) is 0.256. The number of nitrogen functional groups attached to an aromatic ring is 1. The zero-order valence-corrected chi connectivity index (χ0v) is 16.1. The summed E-state index contributed by atoms with van der Waals surface area (Å²) in [5, 5.41) is 16.4. The van der Waals surface area contributed by atoms with Gasteiger partial charge in [-0.25, -0.2) is 9.78 Å². The molecule has 2 aliphatic rings. The van der Waals surface area contributed by atoms with E-state index in [0.717, 1.165) is 11.3 Å². The number of fused-ring (bicyclic) bond motifs is 1. The Morgan fingerprint density at radius 2 is 2.32 bits per heavy atom. The number of β-lactam (4-membered cyclic amide) rings is 1. The monoisotopic (exact) mass is 425 g/mol. The summed E-state index contributed by atoms with van der Waals surface area (Å²) < 4.78 is 4.75. The number of hydrogen-bond donors (Lipinski definition) is 3. The number of thioether (sulfide) groups is 1. The normalized spacial score (nSPS) is 21.5. The molecule has 148 valence electrons. The zero-order valence-electron chi connectivity index (χ0n) is 14.4. The maximum absolute atomic E-state index is 12.6. The lowest BCUT2D eigenvalue weighted by molar-refractivity contribution is -0.148. The van der Waals surface area contributed by atoms with E-state index in [-0.39, 0.29) is 22.4 Å². The fraction of sp³-hybridized carbons (Fsp3) is 0.267. The van der Waals surface area contributed by atoms with Crippen molar-refractivity contribution in [3.05, 3.63) is 35.2 Å². The third-order valence-electron chi connectivity index (χ3n) is 3.83. The maximum atomic E-state index is 12.6. The number of aromatic nitrogens is 1. The molecule has 0 radical (unpaired) electrons. The molecule has 1 unspecified atom stereocenters. The molecule has 3 rings (SSSR count). The summed E-state index contributed by atoms with van der Waals surface area (Å²) in [5.41, 5.74) is 6.14. The highest BCUT2D eigenvalue weighted by molar-refractivity contribution is 8.00. The first-order valence-electron chi connectivity index (χ1n) is 7.71. The predicted molar refractivity (Wildman–Crippen MR) is 101 cm³/mol. The van der Waals surface area contributed by atoms with Gasteiger partial charge < -0.3 is 25.7 Å². The summed E-state index contributed by atoms with van der Waals surface area (Å²) in [4.78, 5) is 46.0. The Balaban J connectivity index is 1.78. The highest BCUT2D eigenvalue weighted by atomic mass is 32.2. The Kier molecular flexibility index (Phi) is 5.56. The summed E-state index contributed by atoms with van der Waals surface area (Å²) in [5.74, 6) is -0.922. The molecule has 1 saturated heterocycles. The third kappa shape index (κ3) is 3.53. The number of nitrogens with two attached hydrogens (primary N) is 1. The lowest BCUT2D eigenvalue weighted by Crippen LogP contribution is -2.70. The van der Waals surface area contributed by atoms with Crippen LogP contribution in [-0.2, 0) is 19.2 Å². The number of nitrogens with one attached hydrogen (secondary N) is 1. The van der Waals surface area contributed by atoms with E-state index in [9.17, 15) is 14.4 Å². The van der Waals surface area contributed by atoms with Crippen molar-refractivity contribution in [1.29, 1.82) is 0 Å². The van der Waals surface area contributed by atoms with E-state index >= 15 is 0 Å². The van der Waals surface area contributed by atoms with Crippen LogP contribution < -0.4 is 11.1 Å². The predicted octanol–water partition coefficient (Wildman–Crippen LogP) is 0.568. The molecule has 2 aliphatic heterocycles. The first-order chi connectivity index (χ1) is 13.4. The second-order valence-electron chi connectivity index (χ2n) is 5.46. The van der Waals surface area contributed by atoms with Crippen LogP contribution in [0.25, 0.3) is 0 Å².